The van der Waals surface area contributed by atoms with Crippen molar-refractivity contribution in [3.05, 3.63) is 76.9 Å². The summed E-state index contributed by atoms with van der Waals surface area (Å²) in [5.74, 6) is 0.163. The predicted octanol–water partition coefficient (Wildman–Crippen LogP) is 5.01. The highest BCUT2D eigenvalue weighted by Gasteiger charge is 2.13. The van der Waals surface area contributed by atoms with Crippen LogP contribution in [-0.2, 0) is 4.79 Å². The number of fused-ring (bicyclic) bond motifs is 1. The second-order valence-corrected chi connectivity index (χ2v) is 6.33. The van der Waals surface area contributed by atoms with Crippen molar-refractivity contribution in [3.63, 3.8) is 0 Å². The van der Waals surface area contributed by atoms with Gasteiger partial charge in [-0.15, -0.1) is 0 Å². The van der Waals surface area contributed by atoms with Crippen LogP contribution in [0.3, 0.4) is 0 Å². The average molecular weight is 356 g/mol. The fourth-order valence-corrected chi connectivity index (χ4v) is 2.91. The molecule has 4 nitrogen and oxygen atoms in total. The molecular weight excluding hydrogens is 336 g/mol. The number of aryl methyl sites for hydroxylation is 2. The summed E-state index contributed by atoms with van der Waals surface area (Å²) in [5.41, 5.74) is 3.61. The Morgan fingerprint density at radius 3 is 2.56 bits per heavy atom. The van der Waals surface area contributed by atoms with Gasteiger partial charge in [0.1, 0.15) is 17.4 Å². The molecule has 0 radical (unpaired) electrons. The molecule has 0 saturated heterocycles. The quantitative estimate of drug-likeness (QED) is 0.528. The summed E-state index contributed by atoms with van der Waals surface area (Å²) in [7, 11) is 1.57. The molecule has 0 bridgehead atoms. The molecule has 0 atom stereocenters. The average Bonchev–Trinajstić information content (AvgIpc) is 2.68. The maximum Gasteiger partial charge on any atom is 0.266 e. The Bertz CT molecular complexity index is 1090. The number of anilines is 1. The van der Waals surface area contributed by atoms with Crippen molar-refractivity contribution in [2.24, 2.45) is 0 Å². The molecule has 0 unspecified atom stereocenters. The summed E-state index contributed by atoms with van der Waals surface area (Å²) < 4.78 is 5.44. The van der Waals surface area contributed by atoms with Gasteiger partial charge in [0.2, 0.25) is 0 Å². The molecule has 3 aromatic carbocycles. The minimum absolute atomic E-state index is 0.0166. The number of rotatable bonds is 4. The predicted molar refractivity (Wildman–Crippen MR) is 109 cm³/mol. The molecule has 0 spiro atoms. The third-order valence-electron chi connectivity index (χ3n) is 4.57. The number of nitriles is 1. The summed E-state index contributed by atoms with van der Waals surface area (Å²) in [6.07, 6.45) is 1.58. The molecular formula is C23H20N2O2. The molecule has 0 fully saturated rings. The maximum atomic E-state index is 12.6. The number of amides is 1. The van der Waals surface area contributed by atoms with E-state index in [2.05, 4.69) is 5.32 Å². The minimum atomic E-state index is -0.448. The molecule has 3 rings (SSSR count). The second-order valence-electron chi connectivity index (χ2n) is 6.33. The minimum Gasteiger partial charge on any atom is -0.496 e. The lowest BCUT2D eigenvalue weighted by atomic mass is 10.0. The van der Waals surface area contributed by atoms with Crippen LogP contribution in [-0.4, -0.2) is 13.0 Å². The van der Waals surface area contributed by atoms with Gasteiger partial charge in [0, 0.05) is 11.3 Å². The SMILES string of the molecule is COc1ccc2ccccc2c1/C=C(\C#N)C(=O)Nc1ccc(C)c(C)c1. The number of benzene rings is 3. The molecule has 0 aliphatic rings. The van der Waals surface area contributed by atoms with Crippen molar-refractivity contribution < 1.29 is 9.53 Å². The lowest BCUT2D eigenvalue weighted by Crippen LogP contribution is -2.13. The summed E-state index contributed by atoms with van der Waals surface area (Å²) in [5, 5.41) is 14.3. The topological polar surface area (TPSA) is 62.1 Å². The molecule has 0 aliphatic heterocycles. The molecule has 0 saturated carbocycles. The first-order chi connectivity index (χ1) is 13.0. The highest BCUT2D eigenvalue weighted by molar-refractivity contribution is 6.11. The lowest BCUT2D eigenvalue weighted by molar-refractivity contribution is -0.112. The Balaban J connectivity index is 2.01. The number of hydrogen-bond acceptors (Lipinski definition) is 3. The highest BCUT2D eigenvalue weighted by atomic mass is 16.5. The number of carbonyl (C=O) groups excluding carboxylic acids is 1. The largest absolute Gasteiger partial charge is 0.496 e. The number of nitrogens with one attached hydrogen (secondary N) is 1. The van der Waals surface area contributed by atoms with Crippen LogP contribution in [0.15, 0.2) is 60.2 Å². The normalized spacial score (nSPS) is 11.1. The monoisotopic (exact) mass is 356 g/mol. The number of carbonyl (C=O) groups is 1. The van der Waals surface area contributed by atoms with Crippen LogP contribution in [0.5, 0.6) is 5.75 Å². The molecule has 3 aromatic rings. The zero-order valence-corrected chi connectivity index (χ0v) is 15.5. The first-order valence-electron chi connectivity index (χ1n) is 8.59. The van der Waals surface area contributed by atoms with Crippen LogP contribution in [0.2, 0.25) is 0 Å². The van der Waals surface area contributed by atoms with Crippen LogP contribution in [0.4, 0.5) is 5.69 Å². The number of hydrogen-bond donors (Lipinski definition) is 1. The maximum absolute atomic E-state index is 12.6. The van der Waals surface area contributed by atoms with E-state index in [0.29, 0.717) is 17.0 Å². The number of ether oxygens (including phenoxy) is 1. The number of methoxy groups -OCH3 is 1. The van der Waals surface area contributed by atoms with Crippen molar-refractivity contribution in [1.82, 2.24) is 0 Å². The Hall–Kier alpha value is -3.58. The van der Waals surface area contributed by atoms with Gasteiger partial charge < -0.3 is 10.1 Å². The van der Waals surface area contributed by atoms with Crippen molar-refractivity contribution in [2.45, 2.75) is 13.8 Å². The van der Waals surface area contributed by atoms with Gasteiger partial charge in [-0.05, 0) is 60.0 Å². The van der Waals surface area contributed by atoms with Crippen molar-refractivity contribution in [3.8, 4) is 11.8 Å². The third kappa shape index (κ3) is 3.83. The van der Waals surface area contributed by atoms with E-state index in [1.165, 1.54) is 0 Å². The molecule has 1 N–H and O–H groups in total. The molecule has 134 valence electrons. The van der Waals surface area contributed by atoms with Crippen molar-refractivity contribution in [2.75, 3.05) is 12.4 Å². The summed E-state index contributed by atoms with van der Waals surface area (Å²) >= 11 is 0. The second kappa shape index (κ2) is 7.76. The molecule has 0 aliphatic carbocycles. The molecule has 27 heavy (non-hydrogen) atoms. The van der Waals surface area contributed by atoms with Crippen molar-refractivity contribution in [1.29, 1.82) is 5.26 Å². The summed E-state index contributed by atoms with van der Waals surface area (Å²) in [6, 6.07) is 19.2. The van der Waals surface area contributed by atoms with Gasteiger partial charge >= 0.3 is 0 Å². The van der Waals surface area contributed by atoms with Crippen molar-refractivity contribution >= 4 is 28.4 Å². The van der Waals surface area contributed by atoms with Crippen LogP contribution in [0.1, 0.15) is 16.7 Å². The first kappa shape index (κ1) is 18.2. The van der Waals surface area contributed by atoms with Gasteiger partial charge in [-0.2, -0.15) is 5.26 Å². The van der Waals surface area contributed by atoms with Gasteiger partial charge in [0.25, 0.3) is 5.91 Å². The zero-order valence-electron chi connectivity index (χ0n) is 15.5. The van der Waals surface area contributed by atoms with E-state index in [1.54, 1.807) is 13.2 Å². The van der Waals surface area contributed by atoms with Crippen LogP contribution in [0.25, 0.3) is 16.8 Å². The van der Waals surface area contributed by atoms with E-state index in [4.69, 9.17) is 4.74 Å². The van der Waals surface area contributed by atoms with Gasteiger partial charge in [0.05, 0.1) is 7.11 Å². The van der Waals surface area contributed by atoms with Crippen LogP contribution >= 0.6 is 0 Å². The first-order valence-corrected chi connectivity index (χ1v) is 8.59. The molecule has 0 heterocycles. The Kier molecular flexibility index (Phi) is 5.23. The van der Waals surface area contributed by atoms with E-state index in [1.807, 2.05) is 74.5 Å². The summed E-state index contributed by atoms with van der Waals surface area (Å²) in [6.45, 7) is 3.99. The van der Waals surface area contributed by atoms with Gasteiger partial charge in [-0.25, -0.2) is 0 Å². The Morgan fingerprint density at radius 2 is 1.85 bits per heavy atom. The Morgan fingerprint density at radius 1 is 1.07 bits per heavy atom. The van der Waals surface area contributed by atoms with E-state index < -0.39 is 5.91 Å². The fraction of sp³-hybridized carbons (Fsp3) is 0.130. The third-order valence-corrected chi connectivity index (χ3v) is 4.57. The molecule has 4 heteroatoms. The van der Waals surface area contributed by atoms with Crippen LogP contribution in [0, 0.1) is 25.2 Å². The van der Waals surface area contributed by atoms with E-state index in [-0.39, 0.29) is 5.57 Å². The molecule has 0 aromatic heterocycles. The number of nitrogens with zero attached hydrogens (tertiary/aromatic N) is 1. The summed E-state index contributed by atoms with van der Waals surface area (Å²) in [4.78, 5) is 12.6. The molecule has 1 amide bonds. The Labute approximate surface area is 158 Å². The van der Waals surface area contributed by atoms with Gasteiger partial charge in [0.15, 0.2) is 0 Å². The fourth-order valence-electron chi connectivity index (χ4n) is 2.91. The van der Waals surface area contributed by atoms with Crippen LogP contribution < -0.4 is 10.1 Å². The van der Waals surface area contributed by atoms with E-state index >= 15 is 0 Å². The zero-order chi connectivity index (χ0) is 19.4. The standard InChI is InChI=1S/C23H20N2O2/c1-15-8-10-19(12-16(15)2)25-23(26)18(14-24)13-21-20-7-5-4-6-17(20)9-11-22(21)27-3/h4-13H,1-3H3,(H,25,26)/b18-13+. The smallest absolute Gasteiger partial charge is 0.266 e. The highest BCUT2D eigenvalue weighted by Crippen LogP contribution is 2.30. The van der Waals surface area contributed by atoms with Gasteiger partial charge in [-0.3, -0.25) is 4.79 Å². The van der Waals surface area contributed by atoms with E-state index in [0.717, 1.165) is 21.9 Å². The van der Waals surface area contributed by atoms with Gasteiger partial charge in [-0.1, -0.05) is 36.4 Å². The van der Waals surface area contributed by atoms with E-state index in [9.17, 15) is 10.1 Å². The lowest BCUT2D eigenvalue weighted by Gasteiger charge is -2.10.